The van der Waals surface area contributed by atoms with Gasteiger partial charge in [0.2, 0.25) is 27.6 Å². The maximum absolute atomic E-state index is 13.6. The van der Waals surface area contributed by atoms with Crippen LogP contribution < -0.4 is 4.72 Å². The van der Waals surface area contributed by atoms with Gasteiger partial charge in [-0.2, -0.15) is 9.71 Å². The predicted octanol–water partition coefficient (Wildman–Crippen LogP) is 4.02. The molecule has 2 aromatic carbocycles. The van der Waals surface area contributed by atoms with E-state index in [1.54, 1.807) is 29.2 Å². The monoisotopic (exact) mass is 482 g/mol. The van der Waals surface area contributed by atoms with Crippen LogP contribution in [0.2, 0.25) is 0 Å². The van der Waals surface area contributed by atoms with Crippen molar-refractivity contribution in [3.8, 4) is 11.4 Å². The van der Waals surface area contributed by atoms with Crippen LogP contribution in [0, 0.1) is 19.8 Å². The Morgan fingerprint density at radius 2 is 1.68 bits per heavy atom. The lowest BCUT2D eigenvalue weighted by Gasteiger charge is -2.29. The third-order valence-electron chi connectivity index (χ3n) is 6.12. The summed E-state index contributed by atoms with van der Waals surface area (Å²) in [5.74, 6) is 0.295. The Morgan fingerprint density at radius 3 is 2.29 bits per heavy atom. The van der Waals surface area contributed by atoms with E-state index in [4.69, 9.17) is 4.52 Å². The molecule has 3 aromatic rings. The Labute approximate surface area is 200 Å². The molecule has 1 N–H and O–H groups in total. The highest BCUT2D eigenvalue weighted by atomic mass is 32.2. The number of likely N-dealkylation sites (tertiary alicyclic amines) is 1. The van der Waals surface area contributed by atoms with E-state index in [1.807, 2.05) is 52.0 Å². The Morgan fingerprint density at radius 1 is 1.06 bits per heavy atom. The van der Waals surface area contributed by atoms with Crippen molar-refractivity contribution in [1.29, 1.82) is 0 Å². The fraction of sp³-hybridized carbons (Fsp3) is 0.400. The molecule has 0 aliphatic carbocycles. The zero-order valence-corrected chi connectivity index (χ0v) is 20.7. The molecule has 1 fully saturated rings. The average Bonchev–Trinajstić information content (AvgIpc) is 3.47. The van der Waals surface area contributed by atoms with E-state index in [9.17, 15) is 13.2 Å². The zero-order chi connectivity index (χ0) is 24.5. The van der Waals surface area contributed by atoms with Gasteiger partial charge in [0.15, 0.2) is 0 Å². The van der Waals surface area contributed by atoms with Gasteiger partial charge in [0.05, 0.1) is 4.90 Å². The van der Waals surface area contributed by atoms with Crippen LogP contribution in [0.25, 0.3) is 11.4 Å². The van der Waals surface area contributed by atoms with E-state index in [0.29, 0.717) is 24.7 Å². The first kappa shape index (κ1) is 24.1. The molecular weight excluding hydrogens is 452 g/mol. The van der Waals surface area contributed by atoms with Gasteiger partial charge < -0.3 is 9.42 Å². The normalized spacial score (nSPS) is 17.3. The van der Waals surface area contributed by atoms with Crippen LogP contribution in [-0.2, 0) is 14.8 Å². The smallest absolute Gasteiger partial charge is 0.249 e. The van der Waals surface area contributed by atoms with Crippen LogP contribution in [0.4, 0.5) is 0 Å². The van der Waals surface area contributed by atoms with Crippen molar-refractivity contribution in [2.45, 2.75) is 57.5 Å². The van der Waals surface area contributed by atoms with Gasteiger partial charge in [-0.25, -0.2) is 8.42 Å². The number of aromatic nitrogens is 2. The number of carbonyl (C=O) groups is 1. The fourth-order valence-corrected chi connectivity index (χ4v) is 5.42. The van der Waals surface area contributed by atoms with Gasteiger partial charge in [-0.3, -0.25) is 4.79 Å². The molecule has 0 saturated carbocycles. The van der Waals surface area contributed by atoms with Gasteiger partial charge in [-0.1, -0.05) is 66.5 Å². The summed E-state index contributed by atoms with van der Waals surface area (Å²) < 4.78 is 34.2. The van der Waals surface area contributed by atoms with Crippen LogP contribution in [0.5, 0.6) is 0 Å². The lowest BCUT2D eigenvalue weighted by molar-refractivity contribution is -0.135. The Hall–Kier alpha value is -3.04. The summed E-state index contributed by atoms with van der Waals surface area (Å²) >= 11 is 0. The molecule has 4 rings (SSSR count). The van der Waals surface area contributed by atoms with Crippen molar-refractivity contribution >= 4 is 15.9 Å². The summed E-state index contributed by atoms with van der Waals surface area (Å²) in [5, 5.41) is 4.11. The Balaban J connectivity index is 1.55. The molecule has 0 bridgehead atoms. The molecule has 2 heterocycles. The molecule has 0 spiro atoms. The molecule has 1 aromatic heterocycles. The first-order valence-electron chi connectivity index (χ1n) is 11.5. The van der Waals surface area contributed by atoms with Gasteiger partial charge in [0.25, 0.3) is 0 Å². The first-order valence-corrected chi connectivity index (χ1v) is 12.9. The Kier molecular flexibility index (Phi) is 6.86. The highest BCUT2D eigenvalue weighted by Gasteiger charge is 2.39. The van der Waals surface area contributed by atoms with Gasteiger partial charge in [0.1, 0.15) is 12.1 Å². The van der Waals surface area contributed by atoms with Gasteiger partial charge in [-0.15, -0.1) is 0 Å². The first-order chi connectivity index (χ1) is 16.2. The highest BCUT2D eigenvalue weighted by molar-refractivity contribution is 7.89. The second-order valence-electron chi connectivity index (χ2n) is 9.17. The molecule has 0 unspecified atom stereocenters. The molecule has 180 valence electrons. The molecule has 1 amide bonds. The number of carbonyl (C=O) groups excluding carboxylic acids is 1. The molecule has 1 saturated heterocycles. The SMILES string of the molecule is Cc1ccc(-c2noc([C@@H]3CCCN3C(=O)[C@H](NS(=O)(=O)c3ccc(C)cc3)C(C)C)n2)cc1. The largest absolute Gasteiger partial charge is 0.337 e. The van der Waals surface area contributed by atoms with Gasteiger partial charge >= 0.3 is 0 Å². The third-order valence-corrected chi connectivity index (χ3v) is 7.58. The van der Waals surface area contributed by atoms with Crippen LogP contribution in [0.1, 0.15) is 49.7 Å². The molecule has 8 nitrogen and oxygen atoms in total. The number of sulfonamides is 1. The van der Waals surface area contributed by atoms with Crippen LogP contribution in [0.3, 0.4) is 0 Å². The summed E-state index contributed by atoms with van der Waals surface area (Å²) in [6, 6.07) is 13.1. The van der Waals surface area contributed by atoms with Gasteiger partial charge in [-0.05, 0) is 44.7 Å². The minimum absolute atomic E-state index is 0.133. The minimum atomic E-state index is -3.86. The summed E-state index contributed by atoms with van der Waals surface area (Å²) in [6.07, 6.45) is 1.45. The van der Waals surface area contributed by atoms with Crippen molar-refractivity contribution in [2.24, 2.45) is 5.92 Å². The van der Waals surface area contributed by atoms with Crippen LogP contribution in [0.15, 0.2) is 57.9 Å². The van der Waals surface area contributed by atoms with E-state index in [0.717, 1.165) is 23.1 Å². The highest BCUT2D eigenvalue weighted by Crippen LogP contribution is 2.33. The lowest BCUT2D eigenvalue weighted by Crippen LogP contribution is -2.50. The van der Waals surface area contributed by atoms with Gasteiger partial charge in [0, 0.05) is 12.1 Å². The number of rotatable bonds is 7. The number of benzene rings is 2. The molecule has 1 aliphatic rings. The maximum atomic E-state index is 13.6. The minimum Gasteiger partial charge on any atom is -0.337 e. The maximum Gasteiger partial charge on any atom is 0.249 e. The van der Waals surface area contributed by atoms with E-state index in [1.165, 1.54) is 0 Å². The quantitative estimate of drug-likeness (QED) is 0.545. The summed E-state index contributed by atoms with van der Waals surface area (Å²) in [7, 11) is -3.86. The molecule has 34 heavy (non-hydrogen) atoms. The second-order valence-corrected chi connectivity index (χ2v) is 10.9. The van der Waals surface area contributed by atoms with E-state index in [-0.39, 0.29) is 22.8 Å². The van der Waals surface area contributed by atoms with E-state index in [2.05, 4.69) is 14.9 Å². The summed E-state index contributed by atoms with van der Waals surface area (Å²) in [5.41, 5.74) is 2.93. The molecular formula is C25H30N4O4S. The molecule has 9 heteroatoms. The van der Waals surface area contributed by atoms with Crippen molar-refractivity contribution in [3.05, 3.63) is 65.5 Å². The van der Waals surface area contributed by atoms with Crippen molar-refractivity contribution in [3.63, 3.8) is 0 Å². The fourth-order valence-electron chi connectivity index (χ4n) is 4.08. The van der Waals surface area contributed by atoms with E-state index >= 15 is 0 Å². The molecule has 2 atom stereocenters. The third kappa shape index (κ3) is 5.05. The zero-order valence-electron chi connectivity index (χ0n) is 19.9. The van der Waals surface area contributed by atoms with Crippen molar-refractivity contribution in [2.75, 3.05) is 6.54 Å². The topological polar surface area (TPSA) is 105 Å². The number of nitrogens with one attached hydrogen (secondary N) is 1. The van der Waals surface area contributed by atoms with Crippen LogP contribution in [-0.4, -0.2) is 42.0 Å². The number of amides is 1. The number of nitrogens with zero attached hydrogens (tertiary/aromatic N) is 3. The summed E-state index contributed by atoms with van der Waals surface area (Å²) in [6.45, 7) is 8.05. The number of hydrogen-bond donors (Lipinski definition) is 1. The molecule has 1 aliphatic heterocycles. The van der Waals surface area contributed by atoms with Crippen LogP contribution >= 0.6 is 0 Å². The standard InChI is InChI=1S/C25H30N4O4S/c1-16(2)22(28-34(31,32)20-13-9-18(4)10-14-20)25(30)29-15-5-6-21(29)24-26-23(27-33-24)19-11-7-17(3)8-12-19/h7-14,16,21-22,28H,5-6,15H2,1-4H3/t21-,22+/m0/s1. The van der Waals surface area contributed by atoms with E-state index < -0.39 is 16.1 Å². The summed E-state index contributed by atoms with van der Waals surface area (Å²) in [4.78, 5) is 19.9. The molecule has 0 radical (unpaired) electrons. The average molecular weight is 483 g/mol. The predicted molar refractivity (Wildman–Crippen MR) is 128 cm³/mol. The number of aryl methyl sites for hydroxylation is 2. The second kappa shape index (κ2) is 9.68. The van der Waals surface area contributed by atoms with Crippen molar-refractivity contribution < 1.29 is 17.7 Å². The van der Waals surface area contributed by atoms with Crippen molar-refractivity contribution in [1.82, 2.24) is 19.8 Å². The Bertz CT molecular complexity index is 1250. The number of hydrogen-bond acceptors (Lipinski definition) is 6. The lowest BCUT2D eigenvalue weighted by atomic mass is 10.0.